The van der Waals surface area contributed by atoms with E-state index in [9.17, 15) is 19.2 Å². The number of rotatable bonds is 12. The second kappa shape index (κ2) is 29.4. The van der Waals surface area contributed by atoms with E-state index in [4.69, 9.17) is 23.5 Å². The summed E-state index contributed by atoms with van der Waals surface area (Å²) in [5.41, 5.74) is 0.683. The minimum absolute atomic E-state index is 0. The van der Waals surface area contributed by atoms with E-state index in [1.165, 1.54) is 9.80 Å². The van der Waals surface area contributed by atoms with Crippen molar-refractivity contribution in [3.63, 3.8) is 0 Å². The van der Waals surface area contributed by atoms with E-state index in [0.29, 0.717) is 5.59 Å². The summed E-state index contributed by atoms with van der Waals surface area (Å²) < 4.78 is 0. The fourth-order valence-corrected chi connectivity index (χ4v) is 1.67. The minimum Gasteiger partial charge on any atom is -1.00 e. The van der Waals surface area contributed by atoms with Gasteiger partial charge < -0.3 is 69.6 Å². The number of carbonyl (C=O) groups is 4. The second-order valence-electron chi connectivity index (χ2n) is 4.52. The van der Waals surface area contributed by atoms with E-state index >= 15 is 0 Å². The summed E-state index contributed by atoms with van der Waals surface area (Å²) in [4.78, 5) is 64.3. The summed E-state index contributed by atoms with van der Waals surface area (Å²) in [6, 6.07) is 0. The molecule has 0 rings (SSSR count). The van der Waals surface area contributed by atoms with Crippen LogP contribution in [0.15, 0.2) is 0 Å². The van der Waals surface area contributed by atoms with Crippen molar-refractivity contribution < 1.29 is 120 Å². The van der Waals surface area contributed by atoms with Crippen LogP contribution in [0, 0.1) is 0 Å². The second-order valence-corrected chi connectivity index (χ2v) is 4.52. The summed E-state index contributed by atoms with van der Waals surface area (Å²) in [6.07, 6.45) is 0. The van der Waals surface area contributed by atoms with Gasteiger partial charge in [-0.25, -0.2) is 19.2 Å². The molecule has 31 heavy (non-hydrogen) atoms. The van der Waals surface area contributed by atoms with Crippen molar-refractivity contribution in [1.82, 2.24) is 9.80 Å². The van der Waals surface area contributed by atoms with Gasteiger partial charge >= 0.3 is 44.9 Å². The van der Waals surface area contributed by atoms with Gasteiger partial charge in [-0.15, -0.1) is 5.84 Å². The van der Waals surface area contributed by atoms with Crippen LogP contribution >= 0.6 is 0 Å². The van der Waals surface area contributed by atoms with Crippen LogP contribution in [0.4, 0.5) is 0 Å². The van der Waals surface area contributed by atoms with Crippen LogP contribution in [0.2, 0.25) is 0 Å². The van der Waals surface area contributed by atoms with Crippen molar-refractivity contribution in [1.29, 1.82) is 0 Å². The number of hydrogen-bond donors (Lipinski definition) is 5. The quantitative estimate of drug-likeness (QED) is 0.0926. The van der Waals surface area contributed by atoms with Crippen LogP contribution in [0.25, 0.3) is 0 Å². The zero-order chi connectivity index (χ0) is 19.2. The van der Waals surface area contributed by atoms with Gasteiger partial charge in [-0.05, 0) is 0 Å². The Balaban J connectivity index is -0.000000192. The molecular formula is C10H23Cl4N7O9Pt. The molecule has 0 aliphatic carbocycles. The molecule has 16 nitrogen and oxygen atoms in total. The first-order valence-corrected chi connectivity index (χ1v) is 6.72. The smallest absolute Gasteiger partial charge is 1.00 e. The fourth-order valence-electron chi connectivity index (χ4n) is 1.67. The van der Waals surface area contributed by atoms with Gasteiger partial charge in [-0.1, -0.05) is 5.59 Å². The van der Waals surface area contributed by atoms with Crippen molar-refractivity contribution in [2.75, 3.05) is 39.3 Å². The maximum Gasteiger partial charge on any atom is 4.00 e. The molecule has 0 aromatic heterocycles. The molecule has 0 fully saturated rings. The SMILES string of the molecule is N[NH2+]OC(=O)CN(CCN(CC(=O)ON)CC(=O)ON)CC(=O)ON.[Cl-].[Cl-].[Cl-].[Cl-].[OH-].[Pt+4]. The Kier molecular flexibility index (Phi) is 45.5. The first-order valence-electron chi connectivity index (χ1n) is 6.72. The normalized spacial score (nSPS) is 8.45. The first kappa shape index (κ1) is 48.0. The molecular weight excluding hydrogens is 699 g/mol. The molecule has 0 aliphatic rings. The Morgan fingerprint density at radius 1 is 0.645 bits per heavy atom. The molecule has 0 heterocycles. The third-order valence-corrected chi connectivity index (χ3v) is 2.74. The predicted molar refractivity (Wildman–Crippen MR) is 77.9 cm³/mol. The molecule has 0 saturated heterocycles. The summed E-state index contributed by atoms with van der Waals surface area (Å²) >= 11 is 0. The van der Waals surface area contributed by atoms with E-state index in [2.05, 4.69) is 19.4 Å². The Bertz CT molecular complexity index is 469. The Hall–Kier alpha value is -0.592. The molecule has 0 bridgehead atoms. The first-order chi connectivity index (χ1) is 11.9. The number of carbonyl (C=O) groups excluding carboxylic acids is 4. The number of nitrogens with two attached hydrogens (primary N) is 5. The van der Waals surface area contributed by atoms with Crippen molar-refractivity contribution >= 4 is 23.9 Å². The molecule has 0 saturated carbocycles. The Morgan fingerprint density at radius 2 is 0.903 bits per heavy atom. The van der Waals surface area contributed by atoms with E-state index in [1.807, 2.05) is 0 Å². The van der Waals surface area contributed by atoms with Gasteiger partial charge in [-0.2, -0.15) is 17.7 Å². The molecule has 0 spiro atoms. The molecule has 0 atom stereocenters. The van der Waals surface area contributed by atoms with Gasteiger partial charge in [0.1, 0.15) is 6.54 Å². The van der Waals surface area contributed by atoms with Gasteiger partial charge in [0.2, 0.25) is 0 Å². The number of hydrogen-bond acceptors (Lipinski definition) is 15. The van der Waals surface area contributed by atoms with Gasteiger partial charge in [0.15, 0.2) is 0 Å². The number of nitrogens with zero attached hydrogens (tertiary/aromatic N) is 2. The summed E-state index contributed by atoms with van der Waals surface area (Å²) in [5.74, 6) is 16.0. The molecule has 21 heteroatoms. The maximum absolute atomic E-state index is 11.5. The van der Waals surface area contributed by atoms with Crippen molar-refractivity contribution in [2.45, 2.75) is 0 Å². The summed E-state index contributed by atoms with van der Waals surface area (Å²) in [5, 5.41) is 0. The summed E-state index contributed by atoms with van der Waals surface area (Å²) in [7, 11) is 0. The Labute approximate surface area is 216 Å². The molecule has 0 aromatic rings. The van der Waals surface area contributed by atoms with Crippen LogP contribution in [0.1, 0.15) is 0 Å². The third-order valence-electron chi connectivity index (χ3n) is 2.74. The van der Waals surface area contributed by atoms with Gasteiger partial charge in [0.05, 0.1) is 19.6 Å². The van der Waals surface area contributed by atoms with Crippen molar-refractivity contribution in [2.24, 2.45) is 23.5 Å². The predicted octanol–water partition coefficient (Wildman–Crippen LogP) is -18.4. The molecule has 0 unspecified atom stereocenters. The van der Waals surface area contributed by atoms with Crippen molar-refractivity contribution in [3.05, 3.63) is 0 Å². The van der Waals surface area contributed by atoms with Gasteiger partial charge in [-0.3, -0.25) is 14.6 Å². The molecule has 0 amide bonds. The largest absolute Gasteiger partial charge is 4.00 e. The van der Waals surface area contributed by atoms with Gasteiger partial charge in [0, 0.05) is 13.1 Å². The molecule has 190 valence electrons. The third kappa shape index (κ3) is 25.5. The standard InChI is InChI=1S/C10H21N7O8.4ClH.H2O.Pt/c11-15-25-10(21)6-17(5-9(20)24-14)2-1-16(3-7(18)22-12)4-8(19)23-13;;;;;;/h15H,1-6,11-14H2;4*1H;1H2;/q;;;;;;+4/p-4. The monoisotopic (exact) mass is 720 g/mol. The topological polar surface area (TPSA) is 262 Å². The van der Waals surface area contributed by atoms with Crippen LogP contribution in [-0.2, 0) is 59.6 Å². The van der Waals surface area contributed by atoms with Crippen LogP contribution in [0.3, 0.4) is 0 Å². The zero-order valence-corrected chi connectivity index (χ0v) is 20.9. The maximum atomic E-state index is 11.5. The molecule has 0 radical (unpaired) electrons. The molecule has 11 N–H and O–H groups in total. The van der Waals surface area contributed by atoms with E-state index < -0.39 is 23.9 Å². The average Bonchev–Trinajstić information content (AvgIpc) is 2.58. The Morgan fingerprint density at radius 3 is 1.13 bits per heavy atom. The number of quaternary nitrogens is 1. The minimum atomic E-state index is -0.824. The van der Waals surface area contributed by atoms with E-state index in [1.54, 1.807) is 0 Å². The van der Waals surface area contributed by atoms with E-state index in [-0.39, 0.29) is 115 Å². The number of halogens is 4. The van der Waals surface area contributed by atoms with Crippen LogP contribution in [-0.4, -0.2) is 78.4 Å². The zero-order valence-electron chi connectivity index (χ0n) is 15.6. The van der Waals surface area contributed by atoms with Crippen LogP contribution in [0.5, 0.6) is 0 Å². The average molecular weight is 722 g/mol. The van der Waals surface area contributed by atoms with Crippen molar-refractivity contribution in [3.8, 4) is 0 Å². The van der Waals surface area contributed by atoms with Gasteiger partial charge in [0.25, 0.3) is 0 Å². The molecule has 0 aliphatic heterocycles. The molecule has 0 aromatic carbocycles. The van der Waals surface area contributed by atoms with E-state index in [0.717, 1.165) is 0 Å². The summed E-state index contributed by atoms with van der Waals surface area (Å²) in [6.45, 7) is -1.35. The fraction of sp³-hybridized carbons (Fsp3) is 0.600. The van der Waals surface area contributed by atoms with Crippen LogP contribution < -0.4 is 78.8 Å².